The van der Waals surface area contributed by atoms with Gasteiger partial charge in [-0.25, -0.2) is 0 Å². The molecule has 0 bridgehead atoms. The number of aryl methyl sites for hydroxylation is 1. The predicted molar refractivity (Wildman–Crippen MR) is 50.5 cm³/mol. The molecule has 0 unspecified atom stereocenters. The molecule has 0 nitrogen and oxygen atoms in total. The molecule has 0 amide bonds. The van der Waals surface area contributed by atoms with Gasteiger partial charge >= 0.3 is 0 Å². The topological polar surface area (TPSA) is 0 Å². The fraction of sp³-hybridized carbons (Fsp3) is 0.273. The smallest absolute Gasteiger partial charge is 0.0257 e. The van der Waals surface area contributed by atoms with Gasteiger partial charge in [-0.2, -0.15) is 0 Å². The summed E-state index contributed by atoms with van der Waals surface area (Å²) in [6, 6.07) is 8.51. The van der Waals surface area contributed by atoms with E-state index in [1.807, 2.05) is 0 Å². The summed E-state index contributed by atoms with van der Waals surface area (Å²) in [5.41, 5.74) is 2.62. The molecule has 0 saturated carbocycles. The molecule has 1 rings (SSSR count). The maximum atomic E-state index is 2.19. The number of rotatable bonds is 2. The quantitative estimate of drug-likeness (QED) is 0.599. The van der Waals surface area contributed by atoms with Crippen LogP contribution in [-0.4, -0.2) is 0 Å². The third-order valence-electron chi connectivity index (χ3n) is 1.59. The summed E-state index contributed by atoms with van der Waals surface area (Å²) in [6.07, 6.45) is 5.44. The van der Waals surface area contributed by atoms with E-state index < -0.39 is 0 Å². The van der Waals surface area contributed by atoms with Crippen LogP contribution in [0.25, 0.3) is 6.08 Å². The van der Waals surface area contributed by atoms with Gasteiger partial charge in [0.25, 0.3) is 0 Å². The van der Waals surface area contributed by atoms with Crippen molar-refractivity contribution in [3.05, 3.63) is 41.5 Å². The minimum absolute atomic E-state index is 1.11. The van der Waals surface area contributed by atoms with Gasteiger partial charge in [-0.1, -0.05) is 48.9 Å². The number of hydrogen-bond acceptors (Lipinski definition) is 0. The van der Waals surface area contributed by atoms with E-state index in [-0.39, 0.29) is 0 Å². The van der Waals surface area contributed by atoms with Gasteiger partial charge in [0.2, 0.25) is 0 Å². The summed E-state index contributed by atoms with van der Waals surface area (Å²) in [5.74, 6) is 0. The van der Waals surface area contributed by atoms with Crippen molar-refractivity contribution in [2.75, 3.05) is 0 Å². The summed E-state index contributed by atoms with van der Waals surface area (Å²) in [4.78, 5) is 0. The Balaban J connectivity index is 2.79. The Kier molecular flexibility index (Phi) is 2.91. The molecule has 0 atom stereocenters. The molecule has 11 heavy (non-hydrogen) atoms. The van der Waals surface area contributed by atoms with Crippen molar-refractivity contribution in [1.29, 1.82) is 0 Å². The SMILES string of the molecule is CC/C=C\c1cccc(C)c1. The monoisotopic (exact) mass is 146 g/mol. The van der Waals surface area contributed by atoms with E-state index in [4.69, 9.17) is 0 Å². The zero-order valence-corrected chi connectivity index (χ0v) is 7.17. The highest BCUT2D eigenvalue weighted by Crippen LogP contribution is 2.05. The van der Waals surface area contributed by atoms with E-state index in [2.05, 4.69) is 50.3 Å². The zero-order chi connectivity index (χ0) is 8.10. The molecular weight excluding hydrogens is 132 g/mol. The van der Waals surface area contributed by atoms with Gasteiger partial charge in [-0.15, -0.1) is 0 Å². The second kappa shape index (κ2) is 3.97. The van der Waals surface area contributed by atoms with Crippen molar-refractivity contribution in [1.82, 2.24) is 0 Å². The highest BCUT2D eigenvalue weighted by atomic mass is 13.9. The summed E-state index contributed by atoms with van der Waals surface area (Å²) in [7, 11) is 0. The van der Waals surface area contributed by atoms with Crippen LogP contribution in [0.5, 0.6) is 0 Å². The van der Waals surface area contributed by atoms with Gasteiger partial charge in [0.15, 0.2) is 0 Å². The van der Waals surface area contributed by atoms with E-state index in [0.717, 1.165) is 6.42 Å². The van der Waals surface area contributed by atoms with Crippen molar-refractivity contribution < 1.29 is 0 Å². The fourth-order valence-corrected chi connectivity index (χ4v) is 1.03. The van der Waals surface area contributed by atoms with Crippen molar-refractivity contribution in [2.24, 2.45) is 0 Å². The first-order chi connectivity index (χ1) is 5.33. The lowest BCUT2D eigenvalue weighted by molar-refractivity contribution is 1.23. The summed E-state index contributed by atoms with van der Waals surface area (Å²) < 4.78 is 0. The minimum Gasteiger partial charge on any atom is -0.0842 e. The molecule has 0 radical (unpaired) electrons. The molecule has 0 saturated heterocycles. The van der Waals surface area contributed by atoms with Crippen molar-refractivity contribution in [3.63, 3.8) is 0 Å². The predicted octanol–water partition coefficient (Wildman–Crippen LogP) is 3.42. The van der Waals surface area contributed by atoms with E-state index in [9.17, 15) is 0 Å². The van der Waals surface area contributed by atoms with E-state index in [1.165, 1.54) is 11.1 Å². The second-order valence-corrected chi connectivity index (χ2v) is 2.72. The largest absolute Gasteiger partial charge is 0.0842 e. The number of allylic oxidation sites excluding steroid dienone is 1. The average Bonchev–Trinajstić information content (AvgIpc) is 2.01. The molecule has 0 aliphatic carbocycles. The molecule has 58 valence electrons. The second-order valence-electron chi connectivity index (χ2n) is 2.72. The minimum atomic E-state index is 1.11. The van der Waals surface area contributed by atoms with Crippen LogP contribution in [0.1, 0.15) is 24.5 Å². The van der Waals surface area contributed by atoms with Crippen LogP contribution in [0.4, 0.5) is 0 Å². The van der Waals surface area contributed by atoms with Gasteiger partial charge < -0.3 is 0 Å². The highest BCUT2D eigenvalue weighted by molar-refractivity contribution is 5.49. The molecule has 0 aromatic heterocycles. The molecule has 0 aliphatic heterocycles. The van der Waals surface area contributed by atoms with Gasteiger partial charge in [-0.3, -0.25) is 0 Å². The average molecular weight is 146 g/mol. The Morgan fingerprint density at radius 3 is 2.82 bits per heavy atom. The van der Waals surface area contributed by atoms with E-state index in [1.54, 1.807) is 0 Å². The van der Waals surface area contributed by atoms with E-state index >= 15 is 0 Å². The molecular formula is C11H14. The van der Waals surface area contributed by atoms with Gasteiger partial charge in [0.1, 0.15) is 0 Å². The zero-order valence-electron chi connectivity index (χ0n) is 7.17. The van der Waals surface area contributed by atoms with Crippen molar-refractivity contribution in [3.8, 4) is 0 Å². The van der Waals surface area contributed by atoms with Crippen molar-refractivity contribution in [2.45, 2.75) is 20.3 Å². The number of hydrogen-bond donors (Lipinski definition) is 0. The Bertz CT molecular complexity index is 246. The van der Waals surface area contributed by atoms with Crippen molar-refractivity contribution >= 4 is 6.08 Å². The standard InChI is InChI=1S/C11H14/c1-3-4-7-11-8-5-6-10(2)9-11/h4-9H,3H2,1-2H3/b7-4-. The van der Waals surface area contributed by atoms with Gasteiger partial charge in [0.05, 0.1) is 0 Å². The van der Waals surface area contributed by atoms with Gasteiger partial charge in [0, 0.05) is 0 Å². The third-order valence-corrected chi connectivity index (χ3v) is 1.59. The maximum Gasteiger partial charge on any atom is -0.0257 e. The van der Waals surface area contributed by atoms with Gasteiger partial charge in [-0.05, 0) is 18.9 Å². The normalized spacial score (nSPS) is 10.7. The first-order valence-electron chi connectivity index (χ1n) is 4.06. The van der Waals surface area contributed by atoms with Crippen LogP contribution in [-0.2, 0) is 0 Å². The Morgan fingerprint density at radius 2 is 2.18 bits per heavy atom. The Hall–Kier alpha value is -1.04. The summed E-state index contributed by atoms with van der Waals surface area (Å²) in [6.45, 7) is 4.26. The maximum absolute atomic E-state index is 2.19. The first-order valence-corrected chi connectivity index (χ1v) is 4.06. The molecule has 0 heteroatoms. The van der Waals surface area contributed by atoms with Crippen LogP contribution in [0.2, 0.25) is 0 Å². The van der Waals surface area contributed by atoms with Crippen LogP contribution >= 0.6 is 0 Å². The molecule has 1 aromatic rings. The fourth-order valence-electron chi connectivity index (χ4n) is 1.03. The summed E-state index contributed by atoms with van der Waals surface area (Å²) >= 11 is 0. The first kappa shape index (κ1) is 8.06. The van der Waals surface area contributed by atoms with E-state index in [0.29, 0.717) is 0 Å². The molecule has 1 aromatic carbocycles. The molecule has 0 fully saturated rings. The van der Waals surface area contributed by atoms with Crippen LogP contribution in [0.3, 0.4) is 0 Å². The lowest BCUT2D eigenvalue weighted by atomic mass is 10.1. The molecule has 0 N–H and O–H groups in total. The van der Waals surface area contributed by atoms with Crippen LogP contribution in [0, 0.1) is 6.92 Å². The van der Waals surface area contributed by atoms with Crippen LogP contribution in [0.15, 0.2) is 30.3 Å². The lowest BCUT2D eigenvalue weighted by Crippen LogP contribution is -1.73. The molecule has 0 aliphatic rings. The lowest BCUT2D eigenvalue weighted by Gasteiger charge is -1.93. The number of benzene rings is 1. The molecule has 0 heterocycles. The van der Waals surface area contributed by atoms with Crippen LogP contribution < -0.4 is 0 Å². The highest BCUT2D eigenvalue weighted by Gasteiger charge is 1.84. The molecule has 0 spiro atoms. The Morgan fingerprint density at radius 1 is 1.36 bits per heavy atom. The Labute approximate surface area is 68.6 Å². The third kappa shape index (κ3) is 2.58. The summed E-state index contributed by atoms with van der Waals surface area (Å²) in [5, 5.41) is 0.